The van der Waals surface area contributed by atoms with Crippen LogP contribution >= 0.6 is 22.7 Å². The maximum Gasteiger partial charge on any atom is 0.319 e. The molecule has 0 unspecified atom stereocenters. The Bertz CT molecular complexity index is 1020. The van der Waals surface area contributed by atoms with E-state index in [1.807, 2.05) is 27.4 Å². The molecule has 4 aromatic rings. The van der Waals surface area contributed by atoms with Crippen molar-refractivity contribution in [3.63, 3.8) is 0 Å². The Balaban J connectivity index is 1.35. The summed E-state index contributed by atoms with van der Waals surface area (Å²) in [4.78, 5) is 18.3. The Morgan fingerprint density at radius 1 is 1.19 bits per heavy atom. The van der Waals surface area contributed by atoms with Crippen LogP contribution in [0, 0.1) is 5.82 Å². The molecule has 9 heteroatoms. The molecule has 0 bridgehead atoms. The molecule has 0 aliphatic heterocycles. The van der Waals surface area contributed by atoms with Gasteiger partial charge in [-0.1, -0.05) is 6.07 Å². The first-order chi connectivity index (χ1) is 12.7. The first-order valence-electron chi connectivity index (χ1n) is 7.86. The Labute approximate surface area is 156 Å². The number of hydrogen-bond acceptors (Lipinski definition) is 5. The van der Waals surface area contributed by atoms with Crippen LogP contribution in [0.5, 0.6) is 0 Å². The average Bonchev–Trinajstić information content (AvgIpc) is 3.34. The van der Waals surface area contributed by atoms with Gasteiger partial charge in [-0.15, -0.1) is 27.8 Å². The average molecular weight is 387 g/mol. The minimum absolute atomic E-state index is 0.332. The molecule has 0 aliphatic rings. The van der Waals surface area contributed by atoms with Crippen molar-refractivity contribution in [2.75, 3.05) is 11.9 Å². The summed E-state index contributed by atoms with van der Waals surface area (Å²) in [5.41, 5.74) is 1.53. The number of nitrogens with zero attached hydrogens (tertiary/aromatic N) is 3. The van der Waals surface area contributed by atoms with Crippen LogP contribution in [-0.2, 0) is 6.42 Å². The van der Waals surface area contributed by atoms with Gasteiger partial charge in [0.05, 0.1) is 10.6 Å². The third kappa shape index (κ3) is 3.58. The molecule has 0 atom stereocenters. The van der Waals surface area contributed by atoms with Crippen LogP contribution < -0.4 is 10.6 Å². The van der Waals surface area contributed by atoms with Crippen LogP contribution in [0.25, 0.3) is 15.7 Å². The fourth-order valence-corrected chi connectivity index (χ4v) is 3.93. The van der Waals surface area contributed by atoms with Crippen molar-refractivity contribution in [1.29, 1.82) is 0 Å². The largest absolute Gasteiger partial charge is 0.337 e. The van der Waals surface area contributed by atoms with E-state index in [2.05, 4.69) is 20.7 Å². The lowest BCUT2D eigenvalue weighted by Crippen LogP contribution is -2.30. The van der Waals surface area contributed by atoms with Crippen molar-refractivity contribution in [2.24, 2.45) is 0 Å². The van der Waals surface area contributed by atoms with Crippen molar-refractivity contribution in [1.82, 2.24) is 19.9 Å². The van der Waals surface area contributed by atoms with Gasteiger partial charge in [0.15, 0.2) is 5.82 Å². The van der Waals surface area contributed by atoms with Gasteiger partial charge in [0, 0.05) is 24.0 Å². The van der Waals surface area contributed by atoms with Gasteiger partial charge in [-0.2, -0.15) is 4.98 Å². The van der Waals surface area contributed by atoms with Crippen molar-refractivity contribution in [2.45, 2.75) is 6.42 Å². The number of halogens is 1. The van der Waals surface area contributed by atoms with Crippen LogP contribution in [-0.4, -0.2) is 27.2 Å². The maximum atomic E-state index is 12.9. The first kappa shape index (κ1) is 16.7. The Hall–Kier alpha value is -2.78. The highest BCUT2D eigenvalue weighted by atomic mass is 32.1. The van der Waals surface area contributed by atoms with Gasteiger partial charge in [-0.3, -0.25) is 0 Å². The second-order valence-electron chi connectivity index (χ2n) is 5.47. The molecule has 3 aromatic heterocycles. The van der Waals surface area contributed by atoms with Gasteiger partial charge < -0.3 is 10.6 Å². The van der Waals surface area contributed by atoms with Crippen molar-refractivity contribution in [3.8, 4) is 10.7 Å². The van der Waals surface area contributed by atoms with Gasteiger partial charge in [-0.25, -0.2) is 13.7 Å². The van der Waals surface area contributed by atoms with Crippen LogP contribution in [0.15, 0.2) is 47.2 Å². The van der Waals surface area contributed by atoms with E-state index in [4.69, 9.17) is 0 Å². The van der Waals surface area contributed by atoms with Crippen molar-refractivity contribution >= 4 is 39.4 Å². The standard InChI is InChI=1S/C17H14FN5OS2/c18-11-3-5-12(6-4-11)20-16(24)19-8-7-13-10-26-17-21-15(22-23(13)17)14-2-1-9-25-14/h1-6,9-10H,7-8H2,(H2,19,20,24). The zero-order valence-corrected chi connectivity index (χ0v) is 15.1. The van der Waals surface area contributed by atoms with E-state index in [-0.39, 0.29) is 11.8 Å². The molecule has 6 nitrogen and oxygen atoms in total. The van der Waals surface area contributed by atoms with E-state index in [1.165, 1.54) is 35.6 Å². The summed E-state index contributed by atoms with van der Waals surface area (Å²) < 4.78 is 14.7. The zero-order valence-electron chi connectivity index (χ0n) is 13.5. The number of rotatable bonds is 5. The fraction of sp³-hybridized carbons (Fsp3) is 0.118. The maximum absolute atomic E-state index is 12.9. The molecule has 26 heavy (non-hydrogen) atoms. The highest BCUT2D eigenvalue weighted by Crippen LogP contribution is 2.24. The van der Waals surface area contributed by atoms with Crippen molar-refractivity contribution < 1.29 is 9.18 Å². The summed E-state index contributed by atoms with van der Waals surface area (Å²) in [7, 11) is 0. The predicted octanol–water partition coefficient (Wildman–Crippen LogP) is 4.02. The number of amides is 2. The number of hydrogen-bond donors (Lipinski definition) is 2. The molecular formula is C17H14FN5OS2. The number of carbonyl (C=O) groups is 1. The molecule has 1 aromatic carbocycles. The van der Waals surface area contributed by atoms with E-state index in [0.717, 1.165) is 21.4 Å². The molecule has 0 fully saturated rings. The number of anilines is 1. The normalized spacial score (nSPS) is 11.0. The fourth-order valence-electron chi connectivity index (χ4n) is 2.42. The van der Waals surface area contributed by atoms with Crippen LogP contribution in [0.2, 0.25) is 0 Å². The minimum Gasteiger partial charge on any atom is -0.337 e. The molecule has 2 N–H and O–H groups in total. The van der Waals surface area contributed by atoms with Crippen molar-refractivity contribution in [3.05, 3.63) is 58.7 Å². The summed E-state index contributed by atoms with van der Waals surface area (Å²) in [5, 5.41) is 14.0. The third-order valence-corrected chi connectivity index (χ3v) is 5.39. The molecule has 2 amide bonds. The summed E-state index contributed by atoms with van der Waals surface area (Å²) in [6.45, 7) is 0.451. The zero-order chi connectivity index (χ0) is 17.9. The monoisotopic (exact) mass is 387 g/mol. The molecule has 3 heterocycles. The number of thiazole rings is 1. The molecule has 4 rings (SSSR count). The molecule has 0 saturated carbocycles. The highest BCUT2D eigenvalue weighted by Gasteiger charge is 2.12. The number of thiophene rings is 1. The first-order valence-corrected chi connectivity index (χ1v) is 9.62. The summed E-state index contributed by atoms with van der Waals surface area (Å²) >= 11 is 3.13. The Kier molecular flexibility index (Phi) is 4.63. The number of nitrogens with one attached hydrogen (secondary N) is 2. The molecule has 132 valence electrons. The quantitative estimate of drug-likeness (QED) is 0.543. The Morgan fingerprint density at radius 2 is 2.04 bits per heavy atom. The molecule has 0 saturated heterocycles. The molecular weight excluding hydrogens is 373 g/mol. The molecule has 0 aliphatic carbocycles. The van der Waals surface area contributed by atoms with Crippen LogP contribution in [0.1, 0.15) is 5.69 Å². The van der Waals surface area contributed by atoms with Crippen LogP contribution in [0.3, 0.4) is 0 Å². The van der Waals surface area contributed by atoms with Gasteiger partial charge in [0.1, 0.15) is 5.82 Å². The minimum atomic E-state index is -0.341. The lowest BCUT2D eigenvalue weighted by atomic mass is 10.3. The number of fused-ring (bicyclic) bond motifs is 1. The Morgan fingerprint density at radius 3 is 2.81 bits per heavy atom. The van der Waals surface area contributed by atoms with E-state index >= 15 is 0 Å². The second kappa shape index (κ2) is 7.22. The van der Waals surface area contributed by atoms with Crippen LogP contribution in [0.4, 0.5) is 14.9 Å². The molecule has 0 radical (unpaired) electrons. The van der Waals surface area contributed by atoms with Gasteiger partial charge >= 0.3 is 6.03 Å². The smallest absolute Gasteiger partial charge is 0.319 e. The number of urea groups is 1. The van der Waals surface area contributed by atoms with E-state index in [1.54, 1.807) is 11.3 Å². The predicted molar refractivity (Wildman–Crippen MR) is 101 cm³/mol. The number of aromatic nitrogens is 3. The topological polar surface area (TPSA) is 71.3 Å². The van der Waals surface area contributed by atoms with E-state index < -0.39 is 0 Å². The lowest BCUT2D eigenvalue weighted by molar-refractivity contribution is 0.252. The lowest BCUT2D eigenvalue weighted by Gasteiger charge is -2.07. The second-order valence-corrected chi connectivity index (χ2v) is 7.26. The number of benzene rings is 1. The van der Waals surface area contributed by atoms with E-state index in [0.29, 0.717) is 18.7 Å². The summed E-state index contributed by atoms with van der Waals surface area (Å²) in [6, 6.07) is 9.25. The number of carbonyl (C=O) groups excluding carboxylic acids is 1. The summed E-state index contributed by atoms with van der Waals surface area (Å²) in [6.07, 6.45) is 0.629. The third-order valence-electron chi connectivity index (χ3n) is 3.66. The van der Waals surface area contributed by atoms with Gasteiger partial charge in [0.2, 0.25) is 4.96 Å². The SMILES string of the molecule is O=C(NCCc1csc2nc(-c3cccs3)nn12)Nc1ccc(F)cc1. The van der Waals surface area contributed by atoms with Gasteiger partial charge in [0.25, 0.3) is 0 Å². The highest BCUT2D eigenvalue weighted by molar-refractivity contribution is 7.15. The van der Waals surface area contributed by atoms with E-state index in [9.17, 15) is 9.18 Å². The summed E-state index contributed by atoms with van der Waals surface area (Å²) in [5.74, 6) is 0.377. The molecule has 0 spiro atoms. The van der Waals surface area contributed by atoms with Gasteiger partial charge in [-0.05, 0) is 35.7 Å².